The molecule has 0 saturated carbocycles. The lowest BCUT2D eigenvalue weighted by molar-refractivity contribution is -0.124. The number of anilines is 1. The summed E-state index contributed by atoms with van der Waals surface area (Å²) in [7, 11) is 0. The fourth-order valence-electron chi connectivity index (χ4n) is 1.81. The Morgan fingerprint density at radius 3 is 1.95 bits per heavy atom. The quantitative estimate of drug-likeness (QED) is 0.658. The average molecular weight is 298 g/mol. The first kappa shape index (κ1) is 15.4. The number of hydrogen-bond acceptors (Lipinski definition) is 2. The molecule has 0 aliphatic carbocycles. The molecule has 112 valence electrons. The summed E-state index contributed by atoms with van der Waals surface area (Å²) in [5.41, 5.74) is 7.35. The predicted molar refractivity (Wildman–Crippen MR) is 84.2 cm³/mol. The zero-order chi connectivity index (χ0) is 15.9. The van der Waals surface area contributed by atoms with Gasteiger partial charge in [0.05, 0.1) is 0 Å². The van der Waals surface area contributed by atoms with Crippen LogP contribution in [-0.2, 0) is 9.59 Å². The minimum atomic E-state index is -0.670. The first-order valence-electron chi connectivity index (χ1n) is 6.65. The van der Waals surface area contributed by atoms with Gasteiger partial charge in [-0.2, -0.15) is 0 Å². The number of primary amides is 1. The van der Waals surface area contributed by atoms with Crippen LogP contribution in [0.4, 0.5) is 10.1 Å². The summed E-state index contributed by atoms with van der Waals surface area (Å²) >= 11 is 0. The third kappa shape index (κ3) is 4.86. The SMILES string of the molecule is NC(=O)CC(=O)Nc1ccc(C=Cc2ccc(F)cc2)cc1. The summed E-state index contributed by atoms with van der Waals surface area (Å²) in [6, 6.07) is 13.3. The second-order valence-electron chi connectivity index (χ2n) is 4.70. The molecular weight excluding hydrogens is 283 g/mol. The topological polar surface area (TPSA) is 72.2 Å². The van der Waals surface area contributed by atoms with Gasteiger partial charge in [0, 0.05) is 5.69 Å². The Kier molecular flexibility index (Phi) is 5.03. The van der Waals surface area contributed by atoms with Gasteiger partial charge >= 0.3 is 0 Å². The van der Waals surface area contributed by atoms with Crippen LogP contribution < -0.4 is 11.1 Å². The molecule has 0 atom stereocenters. The van der Waals surface area contributed by atoms with Crippen LogP contribution in [-0.4, -0.2) is 11.8 Å². The summed E-state index contributed by atoms with van der Waals surface area (Å²) in [4.78, 5) is 22.0. The van der Waals surface area contributed by atoms with Gasteiger partial charge in [-0.1, -0.05) is 36.4 Å². The molecular formula is C17H15FN2O2. The van der Waals surface area contributed by atoms with E-state index in [-0.39, 0.29) is 12.2 Å². The monoisotopic (exact) mass is 298 g/mol. The molecule has 3 N–H and O–H groups in total. The maximum atomic E-state index is 12.8. The predicted octanol–water partition coefficient (Wildman–Crippen LogP) is 2.81. The number of carbonyl (C=O) groups is 2. The summed E-state index contributed by atoms with van der Waals surface area (Å²) in [6.45, 7) is 0. The van der Waals surface area contributed by atoms with Crippen LogP contribution in [0.3, 0.4) is 0 Å². The normalized spacial score (nSPS) is 10.6. The molecule has 5 heteroatoms. The van der Waals surface area contributed by atoms with E-state index in [4.69, 9.17) is 5.73 Å². The number of hydrogen-bond donors (Lipinski definition) is 2. The Labute approximate surface area is 127 Å². The molecule has 2 aromatic rings. The van der Waals surface area contributed by atoms with E-state index >= 15 is 0 Å². The zero-order valence-electron chi connectivity index (χ0n) is 11.8. The summed E-state index contributed by atoms with van der Waals surface area (Å²) in [6.07, 6.45) is 3.40. The summed E-state index contributed by atoms with van der Waals surface area (Å²) in [5.74, 6) is -1.38. The number of nitrogens with two attached hydrogens (primary N) is 1. The van der Waals surface area contributed by atoms with Crippen LogP contribution in [0.15, 0.2) is 48.5 Å². The fourth-order valence-corrected chi connectivity index (χ4v) is 1.81. The van der Waals surface area contributed by atoms with Gasteiger partial charge in [-0.15, -0.1) is 0 Å². The van der Waals surface area contributed by atoms with E-state index in [1.165, 1.54) is 12.1 Å². The Morgan fingerprint density at radius 1 is 0.955 bits per heavy atom. The second kappa shape index (κ2) is 7.17. The number of amides is 2. The first-order chi connectivity index (χ1) is 10.5. The Bertz CT molecular complexity index is 692. The van der Waals surface area contributed by atoms with Crippen LogP contribution in [0.2, 0.25) is 0 Å². The maximum absolute atomic E-state index is 12.8. The highest BCUT2D eigenvalue weighted by molar-refractivity contribution is 6.03. The lowest BCUT2D eigenvalue weighted by Gasteiger charge is -2.04. The van der Waals surface area contributed by atoms with Gasteiger partial charge < -0.3 is 11.1 Å². The van der Waals surface area contributed by atoms with E-state index in [1.54, 1.807) is 24.3 Å². The number of nitrogens with one attached hydrogen (secondary N) is 1. The number of halogens is 1. The fraction of sp³-hybridized carbons (Fsp3) is 0.0588. The molecule has 0 aliphatic rings. The lowest BCUT2D eigenvalue weighted by Crippen LogP contribution is -2.21. The lowest BCUT2D eigenvalue weighted by atomic mass is 10.1. The minimum Gasteiger partial charge on any atom is -0.369 e. The van der Waals surface area contributed by atoms with Crippen molar-refractivity contribution in [1.29, 1.82) is 0 Å². The summed E-state index contributed by atoms with van der Waals surface area (Å²) in [5, 5.41) is 2.57. The molecule has 0 bridgehead atoms. The minimum absolute atomic E-state index is 0.270. The van der Waals surface area contributed by atoms with Gasteiger partial charge in [-0.3, -0.25) is 9.59 Å². The highest BCUT2D eigenvalue weighted by Crippen LogP contribution is 2.13. The molecule has 22 heavy (non-hydrogen) atoms. The third-order valence-corrected chi connectivity index (χ3v) is 2.87. The van der Waals surface area contributed by atoms with Crippen molar-refractivity contribution in [2.24, 2.45) is 5.73 Å². The Balaban J connectivity index is 1.98. The van der Waals surface area contributed by atoms with Crippen LogP contribution in [0.1, 0.15) is 17.5 Å². The molecule has 0 saturated heterocycles. The molecule has 0 aromatic heterocycles. The van der Waals surface area contributed by atoms with E-state index < -0.39 is 11.8 Å². The van der Waals surface area contributed by atoms with Crippen molar-refractivity contribution in [3.05, 3.63) is 65.5 Å². The van der Waals surface area contributed by atoms with Gasteiger partial charge in [0.25, 0.3) is 0 Å². The van der Waals surface area contributed by atoms with Crippen molar-refractivity contribution >= 4 is 29.7 Å². The molecule has 2 amide bonds. The number of carbonyl (C=O) groups excluding carboxylic acids is 2. The standard InChI is InChI=1S/C17H15FN2O2/c18-14-7-3-12(4-8-14)1-2-13-5-9-15(10-6-13)20-17(22)11-16(19)21/h1-10H,11H2,(H2,19,21)(H,20,22). The van der Waals surface area contributed by atoms with Crippen LogP contribution in [0.25, 0.3) is 12.2 Å². The second-order valence-corrected chi connectivity index (χ2v) is 4.70. The van der Waals surface area contributed by atoms with E-state index in [0.29, 0.717) is 5.69 Å². The molecule has 0 heterocycles. The number of benzene rings is 2. The van der Waals surface area contributed by atoms with E-state index in [9.17, 15) is 14.0 Å². The van der Waals surface area contributed by atoms with Crippen molar-refractivity contribution in [2.75, 3.05) is 5.32 Å². The first-order valence-corrected chi connectivity index (χ1v) is 6.65. The van der Waals surface area contributed by atoms with Gasteiger partial charge in [-0.25, -0.2) is 4.39 Å². The molecule has 0 unspecified atom stereocenters. The number of rotatable bonds is 5. The third-order valence-electron chi connectivity index (χ3n) is 2.87. The highest BCUT2D eigenvalue weighted by atomic mass is 19.1. The van der Waals surface area contributed by atoms with E-state index in [2.05, 4.69) is 5.32 Å². The molecule has 0 radical (unpaired) electrons. The molecule has 4 nitrogen and oxygen atoms in total. The zero-order valence-corrected chi connectivity index (χ0v) is 11.8. The van der Waals surface area contributed by atoms with Crippen LogP contribution >= 0.6 is 0 Å². The van der Waals surface area contributed by atoms with E-state index in [0.717, 1.165) is 11.1 Å². The molecule has 2 rings (SSSR count). The van der Waals surface area contributed by atoms with Gasteiger partial charge in [0.2, 0.25) is 11.8 Å². The van der Waals surface area contributed by atoms with Crippen molar-refractivity contribution < 1.29 is 14.0 Å². The average Bonchev–Trinajstić information content (AvgIpc) is 2.47. The molecule has 0 fully saturated rings. The van der Waals surface area contributed by atoms with Gasteiger partial charge in [-0.05, 0) is 35.4 Å². The van der Waals surface area contributed by atoms with Gasteiger partial charge in [0.1, 0.15) is 12.2 Å². The van der Waals surface area contributed by atoms with Crippen molar-refractivity contribution in [3.8, 4) is 0 Å². The van der Waals surface area contributed by atoms with Crippen molar-refractivity contribution in [3.63, 3.8) is 0 Å². The smallest absolute Gasteiger partial charge is 0.233 e. The van der Waals surface area contributed by atoms with Crippen LogP contribution in [0, 0.1) is 5.82 Å². The Morgan fingerprint density at radius 2 is 1.45 bits per heavy atom. The van der Waals surface area contributed by atoms with Crippen molar-refractivity contribution in [2.45, 2.75) is 6.42 Å². The van der Waals surface area contributed by atoms with Crippen molar-refractivity contribution in [1.82, 2.24) is 0 Å². The maximum Gasteiger partial charge on any atom is 0.233 e. The molecule has 2 aromatic carbocycles. The molecule has 0 spiro atoms. The Hall–Kier alpha value is -2.95. The molecule has 0 aliphatic heterocycles. The summed E-state index contributed by atoms with van der Waals surface area (Å²) < 4.78 is 12.8. The van der Waals surface area contributed by atoms with Gasteiger partial charge in [0.15, 0.2) is 0 Å². The largest absolute Gasteiger partial charge is 0.369 e. The highest BCUT2D eigenvalue weighted by Gasteiger charge is 2.05. The van der Waals surface area contributed by atoms with E-state index in [1.807, 2.05) is 24.3 Å². The van der Waals surface area contributed by atoms with Crippen LogP contribution in [0.5, 0.6) is 0 Å².